The average Bonchev–Trinajstić information content (AvgIpc) is 2.82. The van der Waals surface area contributed by atoms with E-state index in [1.165, 1.54) is 24.3 Å². The van der Waals surface area contributed by atoms with E-state index in [4.69, 9.17) is 0 Å². The molecule has 0 radical (unpaired) electrons. The Hall–Kier alpha value is -4.58. The van der Waals surface area contributed by atoms with Crippen LogP contribution in [0.15, 0.2) is 84.9 Å². The number of hydrogen-bond acceptors (Lipinski definition) is 6. The van der Waals surface area contributed by atoms with Crippen molar-refractivity contribution in [1.29, 1.82) is 0 Å². The van der Waals surface area contributed by atoms with Crippen molar-refractivity contribution in [1.82, 2.24) is 0 Å². The first-order chi connectivity index (χ1) is 15.4. The van der Waals surface area contributed by atoms with Gasteiger partial charge in [0.25, 0.3) is 0 Å². The van der Waals surface area contributed by atoms with Crippen LogP contribution in [-0.4, -0.2) is 32.0 Å². The smallest absolute Gasteiger partial charge is 0.198 e. The maximum atomic E-state index is 12.2. The van der Waals surface area contributed by atoms with Crippen molar-refractivity contribution in [3.63, 3.8) is 0 Å². The fourth-order valence-electron chi connectivity index (χ4n) is 3.54. The molecule has 4 aromatic carbocycles. The summed E-state index contributed by atoms with van der Waals surface area (Å²) in [6.45, 7) is 0. The largest absolute Gasteiger partial charge is 0.504 e. The highest BCUT2D eigenvalue weighted by Gasteiger charge is 2.32. The highest BCUT2D eigenvalue weighted by molar-refractivity contribution is 6.29. The van der Waals surface area contributed by atoms with Gasteiger partial charge in [0.05, 0.1) is 5.56 Å². The van der Waals surface area contributed by atoms with Crippen LogP contribution in [0.2, 0.25) is 0 Å². The summed E-state index contributed by atoms with van der Waals surface area (Å²) >= 11 is 0. The van der Waals surface area contributed by atoms with E-state index in [2.05, 4.69) is 0 Å². The van der Waals surface area contributed by atoms with Crippen LogP contribution in [0.4, 0.5) is 0 Å². The van der Waals surface area contributed by atoms with Crippen molar-refractivity contribution < 1.29 is 30.0 Å². The van der Waals surface area contributed by atoms with Crippen LogP contribution in [-0.2, 0) is 0 Å². The molecule has 0 atom stereocenters. The lowest BCUT2D eigenvalue weighted by Crippen LogP contribution is -2.20. The number of phenolic OH excluding ortho intramolecular Hbond substituents is 4. The minimum absolute atomic E-state index is 0.0706. The fraction of sp³-hybridized carbons (Fsp3) is 0. The molecule has 0 unspecified atom stereocenters. The summed E-state index contributed by atoms with van der Waals surface area (Å²) < 4.78 is 0. The second-order valence-electron chi connectivity index (χ2n) is 7.10. The lowest BCUT2D eigenvalue weighted by Gasteiger charge is -2.18. The molecule has 6 nitrogen and oxygen atoms in total. The highest BCUT2D eigenvalue weighted by atomic mass is 16.3. The van der Waals surface area contributed by atoms with E-state index < -0.39 is 17.3 Å². The van der Waals surface area contributed by atoms with Crippen molar-refractivity contribution in [2.75, 3.05) is 0 Å². The number of phenols is 4. The third-order valence-corrected chi connectivity index (χ3v) is 5.14. The zero-order valence-electron chi connectivity index (χ0n) is 16.7. The molecule has 0 aliphatic heterocycles. The molecule has 158 valence electrons. The Morgan fingerprint density at radius 1 is 0.438 bits per heavy atom. The van der Waals surface area contributed by atoms with Crippen molar-refractivity contribution in [2.45, 2.75) is 0 Å². The molecule has 0 amide bonds. The Balaban J connectivity index is 0.000000158. The van der Waals surface area contributed by atoms with Gasteiger partial charge < -0.3 is 20.4 Å². The molecule has 1 aliphatic rings. The van der Waals surface area contributed by atoms with E-state index in [1.54, 1.807) is 30.3 Å². The van der Waals surface area contributed by atoms with Gasteiger partial charge in [0.15, 0.2) is 34.6 Å². The molecular weight excluding hydrogens is 408 g/mol. The molecular formula is C26H18O6. The number of hydrogen-bond donors (Lipinski definition) is 4. The quantitative estimate of drug-likeness (QED) is 0.290. The van der Waals surface area contributed by atoms with E-state index >= 15 is 0 Å². The van der Waals surface area contributed by atoms with Gasteiger partial charge in [0, 0.05) is 22.3 Å². The Labute approximate surface area is 183 Å². The van der Waals surface area contributed by atoms with E-state index in [1.807, 2.05) is 30.3 Å². The van der Waals surface area contributed by atoms with Crippen molar-refractivity contribution >= 4 is 11.6 Å². The number of aromatic hydroxyl groups is 4. The van der Waals surface area contributed by atoms with Gasteiger partial charge in [-0.15, -0.1) is 0 Å². The topological polar surface area (TPSA) is 115 Å². The minimum Gasteiger partial charge on any atom is -0.504 e. The third kappa shape index (κ3) is 3.54. The number of para-hydroxylation sites is 1. The zero-order valence-corrected chi connectivity index (χ0v) is 16.7. The molecule has 0 saturated heterocycles. The number of rotatable bonds is 1. The van der Waals surface area contributed by atoms with Crippen molar-refractivity contribution in [2.24, 2.45) is 0 Å². The zero-order chi connectivity index (χ0) is 22.8. The number of ketones is 2. The molecule has 1 aliphatic carbocycles. The van der Waals surface area contributed by atoms with Gasteiger partial charge in [-0.25, -0.2) is 0 Å². The van der Waals surface area contributed by atoms with Gasteiger partial charge in [-0.1, -0.05) is 66.7 Å². The molecule has 6 heteroatoms. The van der Waals surface area contributed by atoms with Gasteiger partial charge >= 0.3 is 0 Å². The predicted octanol–water partition coefficient (Wildman–Crippen LogP) is 4.64. The van der Waals surface area contributed by atoms with Gasteiger partial charge in [0.2, 0.25) is 0 Å². The van der Waals surface area contributed by atoms with Gasteiger partial charge in [-0.3, -0.25) is 9.59 Å². The average molecular weight is 426 g/mol. The maximum Gasteiger partial charge on any atom is 0.198 e. The Morgan fingerprint density at radius 2 is 1.00 bits per heavy atom. The molecule has 0 fully saturated rings. The summed E-state index contributed by atoms with van der Waals surface area (Å²) in [4.78, 5) is 24.4. The summed E-state index contributed by atoms with van der Waals surface area (Å²) in [6.07, 6.45) is 0. The van der Waals surface area contributed by atoms with E-state index in [0.29, 0.717) is 11.1 Å². The van der Waals surface area contributed by atoms with E-state index in [-0.39, 0.29) is 34.0 Å². The monoisotopic (exact) mass is 426 g/mol. The molecule has 0 bridgehead atoms. The Morgan fingerprint density at radius 3 is 1.69 bits per heavy atom. The number of benzene rings is 4. The molecule has 5 rings (SSSR count). The Kier molecular flexibility index (Phi) is 5.35. The third-order valence-electron chi connectivity index (χ3n) is 5.14. The summed E-state index contributed by atoms with van der Waals surface area (Å²) in [5.74, 6) is -1.89. The molecule has 0 spiro atoms. The normalized spacial score (nSPS) is 11.8. The Bertz CT molecular complexity index is 1340. The summed E-state index contributed by atoms with van der Waals surface area (Å²) in [6, 6.07) is 23.4. The first-order valence-corrected chi connectivity index (χ1v) is 9.70. The number of carbonyl (C=O) groups excluding carboxylic acids is 2. The van der Waals surface area contributed by atoms with Crippen LogP contribution in [0.25, 0.3) is 11.1 Å². The second-order valence-corrected chi connectivity index (χ2v) is 7.10. The molecule has 32 heavy (non-hydrogen) atoms. The van der Waals surface area contributed by atoms with Crippen molar-refractivity contribution in [3.05, 3.63) is 107 Å². The van der Waals surface area contributed by atoms with Crippen LogP contribution >= 0.6 is 0 Å². The van der Waals surface area contributed by atoms with Crippen molar-refractivity contribution in [3.8, 4) is 34.1 Å². The maximum absolute atomic E-state index is 12.2. The summed E-state index contributed by atoms with van der Waals surface area (Å²) in [7, 11) is 0. The highest BCUT2D eigenvalue weighted by Crippen LogP contribution is 2.38. The van der Waals surface area contributed by atoms with Crippen LogP contribution < -0.4 is 0 Å². The van der Waals surface area contributed by atoms with E-state index in [9.17, 15) is 30.0 Å². The van der Waals surface area contributed by atoms with Crippen LogP contribution in [0.5, 0.6) is 23.0 Å². The first kappa shape index (κ1) is 20.7. The summed E-state index contributed by atoms with van der Waals surface area (Å²) in [5, 5.41) is 38.1. The summed E-state index contributed by atoms with van der Waals surface area (Å²) in [5.41, 5.74) is 2.09. The van der Waals surface area contributed by atoms with Crippen LogP contribution in [0.3, 0.4) is 0 Å². The molecule has 0 heterocycles. The molecule has 0 saturated carbocycles. The number of fused-ring (bicyclic) bond motifs is 2. The van der Waals surface area contributed by atoms with Gasteiger partial charge in [-0.05, 0) is 23.8 Å². The second kappa shape index (κ2) is 8.28. The lowest BCUT2D eigenvalue weighted by atomic mass is 9.83. The first-order valence-electron chi connectivity index (χ1n) is 9.70. The molecule has 4 N–H and O–H groups in total. The molecule has 4 aromatic rings. The van der Waals surface area contributed by atoms with E-state index in [0.717, 1.165) is 5.56 Å². The standard InChI is InChI=1S/C14H8O4.C12H10O2/c15-10-6-5-9-11(14(10)18)13(17)8-4-2-1-3-7(8)12(9)16;13-11-8-4-7-10(12(11)14)9-5-2-1-3-6-9/h1-6,15,18H;1-8,13-14H. The SMILES string of the molecule is O=C1c2ccccc2C(=O)c2c1ccc(O)c2O.Oc1cccc(-c2ccccc2)c1O. The van der Waals surface area contributed by atoms with Crippen LogP contribution in [0, 0.1) is 0 Å². The minimum atomic E-state index is -0.541. The van der Waals surface area contributed by atoms with Gasteiger partial charge in [0.1, 0.15) is 0 Å². The predicted molar refractivity (Wildman–Crippen MR) is 118 cm³/mol. The fourth-order valence-corrected chi connectivity index (χ4v) is 3.54. The van der Waals surface area contributed by atoms with Gasteiger partial charge in [-0.2, -0.15) is 0 Å². The van der Waals surface area contributed by atoms with Crippen LogP contribution in [0.1, 0.15) is 31.8 Å². The molecule has 0 aromatic heterocycles. The number of carbonyl (C=O) groups is 2. The lowest BCUT2D eigenvalue weighted by molar-refractivity contribution is 0.0976.